The second kappa shape index (κ2) is 7.84. The van der Waals surface area contributed by atoms with Gasteiger partial charge in [-0.05, 0) is 43.7 Å². The van der Waals surface area contributed by atoms with Crippen molar-refractivity contribution in [3.05, 3.63) is 52.8 Å². The summed E-state index contributed by atoms with van der Waals surface area (Å²) in [6, 6.07) is 9.93. The Morgan fingerprint density at radius 3 is 2.79 bits per heavy atom. The first-order valence-electron chi connectivity index (χ1n) is 9.44. The SMILES string of the molecule is COc1cc(C2C(c3ccccn3)N=C3SC(C)CN32)cc(Cl)c1OC(C)C. The Kier molecular flexibility index (Phi) is 5.43. The third-order valence-electron chi connectivity index (χ3n) is 4.83. The molecule has 0 bridgehead atoms. The summed E-state index contributed by atoms with van der Waals surface area (Å²) in [7, 11) is 1.64. The van der Waals surface area contributed by atoms with Crippen LogP contribution in [-0.2, 0) is 0 Å². The highest BCUT2D eigenvalue weighted by Gasteiger charge is 2.44. The lowest BCUT2D eigenvalue weighted by atomic mass is 9.96. The Labute approximate surface area is 175 Å². The summed E-state index contributed by atoms with van der Waals surface area (Å²) in [6.07, 6.45) is 1.83. The highest BCUT2D eigenvalue weighted by molar-refractivity contribution is 8.14. The zero-order chi connectivity index (χ0) is 19.8. The van der Waals surface area contributed by atoms with E-state index in [9.17, 15) is 0 Å². The van der Waals surface area contributed by atoms with Gasteiger partial charge in [-0.3, -0.25) is 9.98 Å². The van der Waals surface area contributed by atoms with E-state index in [4.69, 9.17) is 26.1 Å². The van der Waals surface area contributed by atoms with Gasteiger partial charge in [-0.2, -0.15) is 0 Å². The molecule has 5 nitrogen and oxygen atoms in total. The molecule has 0 aliphatic carbocycles. The van der Waals surface area contributed by atoms with Crippen molar-refractivity contribution in [1.29, 1.82) is 0 Å². The molecule has 4 rings (SSSR count). The predicted octanol–water partition coefficient (Wildman–Crippen LogP) is 5.12. The normalized spacial score (nSPS) is 23.7. The number of nitrogens with zero attached hydrogens (tertiary/aromatic N) is 3. The van der Waals surface area contributed by atoms with Crippen LogP contribution < -0.4 is 9.47 Å². The minimum atomic E-state index is -0.0751. The highest BCUT2D eigenvalue weighted by atomic mass is 35.5. The van der Waals surface area contributed by atoms with Gasteiger partial charge in [0.05, 0.1) is 30.0 Å². The number of fused-ring (bicyclic) bond motifs is 1. The third-order valence-corrected chi connectivity index (χ3v) is 6.21. The molecule has 0 saturated carbocycles. The van der Waals surface area contributed by atoms with Crippen molar-refractivity contribution in [2.75, 3.05) is 13.7 Å². The first kappa shape index (κ1) is 19.4. The quantitative estimate of drug-likeness (QED) is 0.675. The molecule has 1 fully saturated rings. The molecule has 0 spiro atoms. The summed E-state index contributed by atoms with van der Waals surface area (Å²) in [5, 5.41) is 2.13. The molecule has 0 N–H and O–H groups in total. The van der Waals surface area contributed by atoms with Crippen LogP contribution in [-0.4, -0.2) is 40.1 Å². The standard InChI is InChI=1S/C21H24ClN3O2S/c1-12(2)27-20-15(22)9-14(10-17(20)26-4)19-18(16-7-5-6-8-23-16)24-21-25(19)11-13(3)28-21/h5-10,12-13,18-19H,11H2,1-4H3. The van der Waals surface area contributed by atoms with Crippen LogP contribution in [0.4, 0.5) is 0 Å². The van der Waals surface area contributed by atoms with Gasteiger partial charge < -0.3 is 14.4 Å². The Bertz CT molecular complexity index is 891. The lowest BCUT2D eigenvalue weighted by Crippen LogP contribution is -2.28. The van der Waals surface area contributed by atoms with E-state index in [0.29, 0.717) is 21.8 Å². The number of aliphatic imine (C=N–C) groups is 1. The maximum absolute atomic E-state index is 6.62. The van der Waals surface area contributed by atoms with Crippen LogP contribution >= 0.6 is 23.4 Å². The lowest BCUT2D eigenvalue weighted by molar-refractivity contribution is 0.229. The molecule has 148 valence electrons. The van der Waals surface area contributed by atoms with E-state index >= 15 is 0 Å². The number of ether oxygens (including phenoxy) is 2. The minimum Gasteiger partial charge on any atom is -0.493 e. The number of rotatable bonds is 5. The zero-order valence-corrected chi connectivity index (χ0v) is 18.0. The van der Waals surface area contributed by atoms with Crippen LogP contribution in [0.2, 0.25) is 5.02 Å². The average Bonchev–Trinajstić information content (AvgIpc) is 3.19. The van der Waals surface area contributed by atoms with Gasteiger partial charge in [-0.1, -0.05) is 36.4 Å². The number of hydrogen-bond donors (Lipinski definition) is 0. The van der Waals surface area contributed by atoms with E-state index in [-0.39, 0.29) is 18.2 Å². The molecular formula is C21H24ClN3O2S. The Hall–Kier alpha value is -1.92. The predicted molar refractivity (Wildman–Crippen MR) is 115 cm³/mol. The number of thioether (sulfide) groups is 1. The third kappa shape index (κ3) is 3.55. The van der Waals surface area contributed by atoms with Crippen LogP contribution in [0, 0.1) is 0 Å². The molecule has 0 radical (unpaired) electrons. The molecule has 1 saturated heterocycles. The average molecular weight is 418 g/mol. The molecule has 1 aromatic heterocycles. The van der Waals surface area contributed by atoms with E-state index in [1.165, 1.54) is 0 Å². The van der Waals surface area contributed by atoms with Crippen molar-refractivity contribution in [2.24, 2.45) is 4.99 Å². The lowest BCUT2D eigenvalue weighted by Gasteiger charge is -2.28. The van der Waals surface area contributed by atoms with E-state index in [2.05, 4.69) is 16.8 Å². The number of hydrogen-bond acceptors (Lipinski definition) is 6. The van der Waals surface area contributed by atoms with Crippen LogP contribution in [0.5, 0.6) is 11.5 Å². The molecule has 28 heavy (non-hydrogen) atoms. The summed E-state index contributed by atoms with van der Waals surface area (Å²) in [5.41, 5.74) is 2.02. The van der Waals surface area contributed by atoms with Crippen molar-refractivity contribution in [2.45, 2.75) is 44.2 Å². The van der Waals surface area contributed by atoms with Crippen molar-refractivity contribution in [3.63, 3.8) is 0 Å². The highest BCUT2D eigenvalue weighted by Crippen LogP contribution is 2.50. The maximum Gasteiger partial charge on any atom is 0.180 e. The minimum absolute atomic E-state index is 0.00997. The number of halogens is 1. The molecule has 2 aliphatic rings. The number of aromatic nitrogens is 1. The summed E-state index contributed by atoms with van der Waals surface area (Å²) in [4.78, 5) is 11.9. The van der Waals surface area contributed by atoms with Gasteiger partial charge in [0, 0.05) is 18.0 Å². The largest absolute Gasteiger partial charge is 0.493 e. The molecule has 0 amide bonds. The number of pyridine rings is 1. The fourth-order valence-corrected chi connectivity index (χ4v) is 5.10. The van der Waals surface area contributed by atoms with Crippen molar-refractivity contribution >= 4 is 28.5 Å². The molecule has 3 unspecified atom stereocenters. The molecule has 1 aromatic carbocycles. The van der Waals surface area contributed by atoms with Gasteiger partial charge in [0.15, 0.2) is 16.7 Å². The summed E-state index contributed by atoms with van der Waals surface area (Å²) >= 11 is 8.44. The molecule has 3 heterocycles. The second-order valence-electron chi connectivity index (χ2n) is 7.34. The number of benzene rings is 1. The fraction of sp³-hybridized carbons (Fsp3) is 0.429. The molecule has 2 aliphatic heterocycles. The zero-order valence-electron chi connectivity index (χ0n) is 16.4. The number of amidine groups is 1. The van der Waals surface area contributed by atoms with Crippen molar-refractivity contribution < 1.29 is 9.47 Å². The van der Waals surface area contributed by atoms with Gasteiger partial charge in [-0.25, -0.2) is 0 Å². The summed E-state index contributed by atoms with van der Waals surface area (Å²) < 4.78 is 11.5. The second-order valence-corrected chi connectivity index (χ2v) is 9.15. The van der Waals surface area contributed by atoms with Gasteiger partial charge in [0.25, 0.3) is 0 Å². The Balaban J connectivity index is 1.78. The van der Waals surface area contributed by atoms with Gasteiger partial charge in [-0.15, -0.1) is 0 Å². The van der Waals surface area contributed by atoms with Crippen molar-refractivity contribution in [3.8, 4) is 11.5 Å². The van der Waals surface area contributed by atoms with Crippen LogP contribution in [0.3, 0.4) is 0 Å². The fourth-order valence-electron chi connectivity index (χ4n) is 3.74. The first-order valence-corrected chi connectivity index (χ1v) is 10.7. The number of methoxy groups -OCH3 is 1. The summed E-state index contributed by atoms with van der Waals surface area (Å²) in [6.45, 7) is 7.12. The van der Waals surface area contributed by atoms with Crippen LogP contribution in [0.1, 0.15) is 44.1 Å². The van der Waals surface area contributed by atoms with Crippen molar-refractivity contribution in [1.82, 2.24) is 9.88 Å². The van der Waals surface area contributed by atoms with E-state index < -0.39 is 0 Å². The van der Waals surface area contributed by atoms with E-state index in [1.807, 2.05) is 62.1 Å². The van der Waals surface area contributed by atoms with Crippen LogP contribution in [0.25, 0.3) is 0 Å². The van der Waals surface area contributed by atoms with Crippen LogP contribution in [0.15, 0.2) is 41.5 Å². The van der Waals surface area contributed by atoms with Gasteiger partial charge in [0.2, 0.25) is 0 Å². The Morgan fingerprint density at radius 2 is 2.11 bits per heavy atom. The molecule has 3 atom stereocenters. The summed E-state index contributed by atoms with van der Waals surface area (Å²) in [5.74, 6) is 1.23. The Morgan fingerprint density at radius 1 is 1.29 bits per heavy atom. The van der Waals surface area contributed by atoms with Gasteiger partial charge in [0.1, 0.15) is 6.04 Å². The van der Waals surface area contributed by atoms with E-state index in [0.717, 1.165) is 23.0 Å². The van der Waals surface area contributed by atoms with E-state index in [1.54, 1.807) is 7.11 Å². The maximum atomic E-state index is 6.62. The topological polar surface area (TPSA) is 47.0 Å². The molecule has 7 heteroatoms. The monoisotopic (exact) mass is 417 g/mol. The smallest absolute Gasteiger partial charge is 0.180 e. The molecular weight excluding hydrogens is 394 g/mol. The molecule has 2 aromatic rings. The first-order chi connectivity index (χ1) is 13.5. The van der Waals surface area contributed by atoms with Gasteiger partial charge >= 0.3 is 0 Å².